The number of sulfonamides is 1. The molecule has 1 N–H and O–H groups in total. The van der Waals surface area contributed by atoms with E-state index in [4.69, 9.17) is 0 Å². The van der Waals surface area contributed by atoms with Crippen molar-refractivity contribution in [1.82, 2.24) is 19.5 Å². The van der Waals surface area contributed by atoms with Crippen LogP contribution in [0.25, 0.3) is 0 Å². The summed E-state index contributed by atoms with van der Waals surface area (Å²) < 4.78 is 27.2. The predicted molar refractivity (Wildman–Crippen MR) is 126 cm³/mol. The van der Waals surface area contributed by atoms with Gasteiger partial charge in [0.25, 0.3) is 5.91 Å². The van der Waals surface area contributed by atoms with Crippen LogP contribution in [-0.2, 0) is 21.4 Å². The van der Waals surface area contributed by atoms with Crippen LogP contribution < -0.4 is 5.32 Å². The van der Waals surface area contributed by atoms with Gasteiger partial charge in [-0.1, -0.05) is 12.1 Å². The molecule has 3 fully saturated rings. The third-order valence-electron chi connectivity index (χ3n) is 6.83. The number of hydrogen-bond acceptors (Lipinski definition) is 5. The zero-order chi connectivity index (χ0) is 23.7. The molecular weight excluding hydrogens is 452 g/mol. The molecule has 0 atom stereocenters. The Hall–Kier alpha value is -2.78. The summed E-state index contributed by atoms with van der Waals surface area (Å²) in [6.45, 7) is 1.18. The van der Waals surface area contributed by atoms with Crippen molar-refractivity contribution in [3.8, 4) is 0 Å². The van der Waals surface area contributed by atoms with E-state index in [2.05, 4.69) is 10.3 Å². The highest BCUT2D eigenvalue weighted by atomic mass is 32.2. The highest BCUT2D eigenvalue weighted by Gasteiger charge is 2.38. The lowest BCUT2D eigenvalue weighted by Crippen LogP contribution is -2.44. The molecule has 2 aliphatic carbocycles. The standard InChI is InChI=1S/C25H30N4O4S/c30-24(27-21-7-8-21)19-5-3-18(4-6-19)17-29(22-9-10-22)25(31)20-11-14-28(15-12-20)34(32,33)23-2-1-13-26-16-23/h1-6,13,16,20-22H,7-12,14-15,17H2,(H,27,30). The van der Waals surface area contributed by atoms with Crippen LogP contribution >= 0.6 is 0 Å². The SMILES string of the molecule is O=C(NC1CC1)c1ccc(CN(C(=O)C2CCN(S(=O)(=O)c3cccnc3)CC2)C2CC2)cc1. The average molecular weight is 483 g/mol. The predicted octanol–water partition coefficient (Wildman–Crippen LogP) is 2.57. The molecule has 2 amide bonds. The maximum Gasteiger partial charge on any atom is 0.251 e. The minimum absolute atomic E-state index is 0.0443. The highest BCUT2D eigenvalue weighted by Crippen LogP contribution is 2.33. The lowest BCUT2D eigenvalue weighted by molar-refractivity contribution is -0.138. The number of amides is 2. The number of rotatable bonds is 8. The molecule has 2 heterocycles. The van der Waals surface area contributed by atoms with Gasteiger partial charge in [-0.2, -0.15) is 4.31 Å². The summed E-state index contributed by atoms with van der Waals surface area (Å²) in [6.07, 6.45) is 8.05. The van der Waals surface area contributed by atoms with Gasteiger partial charge in [0.2, 0.25) is 15.9 Å². The van der Waals surface area contributed by atoms with Gasteiger partial charge in [0.05, 0.1) is 0 Å². The van der Waals surface area contributed by atoms with Crippen LogP contribution in [0, 0.1) is 5.92 Å². The van der Waals surface area contributed by atoms with Crippen molar-refractivity contribution in [2.24, 2.45) is 5.92 Å². The second-order valence-electron chi connectivity index (χ2n) is 9.51. The van der Waals surface area contributed by atoms with Gasteiger partial charge >= 0.3 is 0 Å². The van der Waals surface area contributed by atoms with Crippen molar-refractivity contribution >= 4 is 21.8 Å². The van der Waals surface area contributed by atoms with Crippen molar-refractivity contribution in [3.05, 3.63) is 59.9 Å². The normalized spacial score (nSPS) is 19.5. The number of nitrogens with zero attached hydrogens (tertiary/aromatic N) is 3. The third-order valence-corrected chi connectivity index (χ3v) is 8.71. The Kier molecular flexibility index (Phi) is 6.40. The summed E-state index contributed by atoms with van der Waals surface area (Å²) >= 11 is 0. The van der Waals surface area contributed by atoms with Crippen molar-refractivity contribution in [2.75, 3.05) is 13.1 Å². The number of aromatic nitrogens is 1. The summed E-state index contributed by atoms with van der Waals surface area (Å²) in [5, 5.41) is 2.99. The summed E-state index contributed by atoms with van der Waals surface area (Å²) in [4.78, 5) is 31.7. The number of carbonyl (C=O) groups excluding carboxylic acids is 2. The molecule has 1 saturated heterocycles. The fourth-order valence-electron chi connectivity index (χ4n) is 4.45. The van der Waals surface area contributed by atoms with Crippen LogP contribution in [-0.4, -0.2) is 59.6 Å². The average Bonchev–Trinajstić information content (AvgIpc) is 3.79. The molecule has 0 spiro atoms. The maximum absolute atomic E-state index is 13.4. The second-order valence-corrected chi connectivity index (χ2v) is 11.4. The summed E-state index contributed by atoms with van der Waals surface area (Å²) in [6, 6.07) is 11.2. The van der Waals surface area contributed by atoms with Crippen molar-refractivity contribution < 1.29 is 18.0 Å². The number of nitrogens with one attached hydrogen (secondary N) is 1. The van der Waals surface area contributed by atoms with Crippen LogP contribution in [0.15, 0.2) is 53.7 Å². The van der Waals surface area contributed by atoms with Crippen molar-refractivity contribution in [1.29, 1.82) is 0 Å². The Labute approximate surface area is 200 Å². The summed E-state index contributed by atoms with van der Waals surface area (Å²) in [5.41, 5.74) is 1.64. The highest BCUT2D eigenvalue weighted by molar-refractivity contribution is 7.89. The van der Waals surface area contributed by atoms with Crippen LogP contribution in [0.3, 0.4) is 0 Å². The number of pyridine rings is 1. The molecule has 0 bridgehead atoms. The summed E-state index contributed by atoms with van der Waals surface area (Å²) in [7, 11) is -3.59. The van der Waals surface area contributed by atoms with Crippen LogP contribution in [0.5, 0.6) is 0 Å². The molecule has 0 radical (unpaired) electrons. The second kappa shape index (κ2) is 9.46. The van der Waals surface area contributed by atoms with E-state index in [-0.39, 0.29) is 28.7 Å². The van der Waals surface area contributed by atoms with Gasteiger partial charge in [0.15, 0.2) is 0 Å². The van der Waals surface area contributed by atoms with E-state index in [1.165, 1.54) is 10.5 Å². The minimum atomic E-state index is -3.59. The van der Waals surface area contributed by atoms with E-state index in [1.807, 2.05) is 29.2 Å². The fraction of sp³-hybridized carbons (Fsp3) is 0.480. The van der Waals surface area contributed by atoms with Crippen LogP contribution in [0.1, 0.15) is 54.4 Å². The minimum Gasteiger partial charge on any atom is -0.349 e. The Morgan fingerprint density at radius 1 is 1.00 bits per heavy atom. The molecule has 1 aromatic heterocycles. The van der Waals surface area contributed by atoms with E-state index in [1.54, 1.807) is 18.3 Å². The van der Waals surface area contributed by atoms with Crippen LogP contribution in [0.4, 0.5) is 0 Å². The van der Waals surface area contributed by atoms with E-state index in [0.717, 1.165) is 31.2 Å². The molecule has 0 unspecified atom stereocenters. The Bertz CT molecular complexity index is 1140. The first kappa shape index (κ1) is 23.0. The Morgan fingerprint density at radius 2 is 1.71 bits per heavy atom. The fourth-order valence-corrected chi connectivity index (χ4v) is 5.89. The van der Waals surface area contributed by atoms with E-state index in [0.29, 0.717) is 44.1 Å². The van der Waals surface area contributed by atoms with Crippen LogP contribution in [0.2, 0.25) is 0 Å². The smallest absolute Gasteiger partial charge is 0.251 e. The summed E-state index contributed by atoms with van der Waals surface area (Å²) in [5.74, 6) is -0.113. The maximum atomic E-state index is 13.4. The zero-order valence-corrected chi connectivity index (χ0v) is 19.9. The van der Waals surface area contributed by atoms with Crippen molar-refractivity contribution in [3.63, 3.8) is 0 Å². The Morgan fingerprint density at radius 3 is 2.29 bits per heavy atom. The number of piperidine rings is 1. The molecule has 2 aromatic rings. The van der Waals surface area contributed by atoms with Gasteiger partial charge in [-0.25, -0.2) is 8.42 Å². The lowest BCUT2D eigenvalue weighted by Gasteiger charge is -2.34. The van der Waals surface area contributed by atoms with E-state index >= 15 is 0 Å². The monoisotopic (exact) mass is 482 g/mol. The molecule has 5 rings (SSSR count). The first-order valence-electron chi connectivity index (χ1n) is 12.0. The number of benzene rings is 1. The van der Waals surface area contributed by atoms with Gasteiger partial charge < -0.3 is 10.2 Å². The lowest BCUT2D eigenvalue weighted by atomic mass is 9.96. The Balaban J connectivity index is 1.20. The molecule has 9 heteroatoms. The third kappa shape index (κ3) is 5.15. The van der Waals surface area contributed by atoms with Gasteiger partial charge in [-0.05, 0) is 68.4 Å². The molecule has 1 aliphatic heterocycles. The van der Waals surface area contributed by atoms with E-state index < -0.39 is 10.0 Å². The first-order valence-corrected chi connectivity index (χ1v) is 13.5. The van der Waals surface area contributed by atoms with Gasteiger partial charge in [0, 0.05) is 55.6 Å². The van der Waals surface area contributed by atoms with Gasteiger partial charge in [0.1, 0.15) is 4.90 Å². The van der Waals surface area contributed by atoms with Crippen molar-refractivity contribution in [2.45, 2.75) is 62.0 Å². The molecule has 2 saturated carbocycles. The topological polar surface area (TPSA) is 99.7 Å². The molecule has 3 aliphatic rings. The first-order chi connectivity index (χ1) is 16.4. The molecule has 34 heavy (non-hydrogen) atoms. The molecule has 180 valence electrons. The van der Waals surface area contributed by atoms with Gasteiger partial charge in [-0.15, -0.1) is 0 Å². The number of carbonyl (C=O) groups is 2. The molecule has 8 nitrogen and oxygen atoms in total. The van der Waals surface area contributed by atoms with E-state index in [9.17, 15) is 18.0 Å². The van der Waals surface area contributed by atoms with Gasteiger partial charge in [-0.3, -0.25) is 14.6 Å². The zero-order valence-electron chi connectivity index (χ0n) is 19.1. The molecular formula is C25H30N4O4S. The molecule has 1 aromatic carbocycles. The quantitative estimate of drug-likeness (QED) is 0.623. The largest absolute Gasteiger partial charge is 0.349 e. The number of hydrogen-bond donors (Lipinski definition) is 1.